The van der Waals surface area contributed by atoms with Crippen LogP contribution in [0.5, 0.6) is 5.75 Å². The maximum Gasteiger partial charge on any atom is 0.348 e. The number of esters is 2. The van der Waals surface area contributed by atoms with E-state index in [1.165, 1.54) is 6.07 Å². The minimum absolute atomic E-state index is 0.0218. The first-order valence-corrected chi connectivity index (χ1v) is 13.1. The number of ether oxygens (including phenoxy) is 3. The maximum absolute atomic E-state index is 13.0. The summed E-state index contributed by atoms with van der Waals surface area (Å²) >= 11 is 7.22. The van der Waals surface area contributed by atoms with Crippen molar-refractivity contribution in [1.29, 1.82) is 0 Å². The van der Waals surface area contributed by atoms with E-state index in [0.29, 0.717) is 22.1 Å². The number of thiophene rings is 1. The van der Waals surface area contributed by atoms with E-state index in [9.17, 15) is 14.4 Å². The van der Waals surface area contributed by atoms with Crippen LogP contribution in [0.4, 0.5) is 5.00 Å². The van der Waals surface area contributed by atoms with Gasteiger partial charge < -0.3 is 23.9 Å². The van der Waals surface area contributed by atoms with Crippen LogP contribution < -0.4 is 10.1 Å². The molecule has 0 aliphatic carbocycles. The summed E-state index contributed by atoms with van der Waals surface area (Å²) in [6, 6.07) is 6.93. The minimum Gasteiger partial charge on any atom is -0.485 e. The third kappa shape index (κ3) is 6.53. The molecule has 0 saturated carbocycles. The highest BCUT2D eigenvalue weighted by atomic mass is 35.5. The molecule has 0 radical (unpaired) electrons. The van der Waals surface area contributed by atoms with Gasteiger partial charge in [0.2, 0.25) is 0 Å². The summed E-state index contributed by atoms with van der Waals surface area (Å²) in [5.74, 6) is -0.450. The summed E-state index contributed by atoms with van der Waals surface area (Å²) in [5, 5.41) is 3.52. The fourth-order valence-electron chi connectivity index (χ4n) is 3.58. The molecule has 10 heteroatoms. The Labute approximate surface area is 224 Å². The van der Waals surface area contributed by atoms with Crippen LogP contribution in [0.1, 0.15) is 86.6 Å². The second-order valence-corrected chi connectivity index (χ2v) is 9.93. The van der Waals surface area contributed by atoms with Crippen LogP contribution in [0.25, 0.3) is 0 Å². The first-order chi connectivity index (χ1) is 17.6. The fourth-order valence-corrected chi connectivity index (χ4v) is 4.84. The van der Waals surface area contributed by atoms with Gasteiger partial charge in [-0.1, -0.05) is 25.4 Å². The topological polar surface area (TPSA) is 104 Å². The predicted molar refractivity (Wildman–Crippen MR) is 142 cm³/mol. The molecule has 1 amide bonds. The van der Waals surface area contributed by atoms with Gasteiger partial charge >= 0.3 is 11.9 Å². The lowest BCUT2D eigenvalue weighted by molar-refractivity contribution is 0.0527. The highest BCUT2D eigenvalue weighted by Crippen LogP contribution is 2.35. The normalized spacial score (nSPS) is 10.9. The maximum atomic E-state index is 13.0. The van der Waals surface area contributed by atoms with Gasteiger partial charge in [0.15, 0.2) is 5.76 Å². The summed E-state index contributed by atoms with van der Waals surface area (Å²) in [5.41, 5.74) is 2.35. The Kier molecular flexibility index (Phi) is 9.39. The molecule has 0 aliphatic rings. The van der Waals surface area contributed by atoms with E-state index in [1.807, 2.05) is 32.9 Å². The molecular weight excluding hydrogens is 518 g/mol. The molecule has 3 rings (SSSR count). The largest absolute Gasteiger partial charge is 0.485 e. The SMILES string of the molecule is CCOC(=O)c1sc(NC(=O)c2ccc(COc3cc(C)c(Cl)cc3C(C)C)o2)c(C(=O)OCC)c1C. The van der Waals surface area contributed by atoms with E-state index in [-0.39, 0.29) is 46.9 Å². The first kappa shape index (κ1) is 28.3. The number of hydrogen-bond donors (Lipinski definition) is 1. The van der Waals surface area contributed by atoms with Gasteiger partial charge in [0, 0.05) is 5.02 Å². The van der Waals surface area contributed by atoms with Crippen LogP contribution in [0, 0.1) is 13.8 Å². The van der Waals surface area contributed by atoms with E-state index in [1.54, 1.807) is 26.8 Å². The average molecular weight is 548 g/mol. The van der Waals surface area contributed by atoms with Crippen molar-refractivity contribution >= 4 is 45.8 Å². The van der Waals surface area contributed by atoms with Crippen LogP contribution in [0.3, 0.4) is 0 Å². The summed E-state index contributed by atoms with van der Waals surface area (Å²) in [6.07, 6.45) is 0. The summed E-state index contributed by atoms with van der Waals surface area (Å²) < 4.78 is 21.9. The van der Waals surface area contributed by atoms with E-state index in [0.717, 1.165) is 22.5 Å². The van der Waals surface area contributed by atoms with Gasteiger partial charge in [0.25, 0.3) is 5.91 Å². The Morgan fingerprint density at radius 2 is 1.73 bits per heavy atom. The van der Waals surface area contributed by atoms with Gasteiger partial charge in [0.05, 0.1) is 18.8 Å². The Morgan fingerprint density at radius 3 is 2.38 bits per heavy atom. The molecule has 1 aromatic carbocycles. The molecule has 0 fully saturated rings. The molecule has 3 aromatic rings. The van der Waals surface area contributed by atoms with Crippen molar-refractivity contribution in [3.63, 3.8) is 0 Å². The lowest BCUT2D eigenvalue weighted by Crippen LogP contribution is -2.14. The van der Waals surface area contributed by atoms with Crippen LogP contribution >= 0.6 is 22.9 Å². The smallest absolute Gasteiger partial charge is 0.348 e. The molecule has 0 saturated heterocycles. The number of benzene rings is 1. The number of amides is 1. The summed E-state index contributed by atoms with van der Waals surface area (Å²) in [6.45, 7) is 11.4. The van der Waals surface area contributed by atoms with E-state index < -0.39 is 17.8 Å². The lowest BCUT2D eigenvalue weighted by Gasteiger charge is -2.15. The number of rotatable bonds is 10. The van der Waals surface area contributed by atoms with E-state index in [2.05, 4.69) is 5.32 Å². The van der Waals surface area contributed by atoms with Gasteiger partial charge in [-0.3, -0.25) is 4.79 Å². The Balaban J connectivity index is 1.79. The number of furan rings is 1. The highest BCUT2D eigenvalue weighted by molar-refractivity contribution is 7.18. The third-order valence-corrected chi connectivity index (χ3v) is 7.08. The van der Waals surface area contributed by atoms with Crippen LogP contribution in [0.15, 0.2) is 28.7 Å². The van der Waals surface area contributed by atoms with E-state index in [4.69, 9.17) is 30.2 Å². The zero-order valence-corrected chi connectivity index (χ0v) is 23.2. The van der Waals surface area contributed by atoms with Gasteiger partial charge in [0.1, 0.15) is 28.0 Å². The quantitative estimate of drug-likeness (QED) is 0.275. The number of halogens is 1. The molecule has 0 atom stereocenters. The van der Waals surface area contributed by atoms with Crippen LogP contribution in [-0.4, -0.2) is 31.1 Å². The van der Waals surface area contributed by atoms with Crippen molar-refractivity contribution in [2.45, 2.75) is 54.1 Å². The summed E-state index contributed by atoms with van der Waals surface area (Å²) in [7, 11) is 0. The molecule has 37 heavy (non-hydrogen) atoms. The Morgan fingerprint density at radius 1 is 1.05 bits per heavy atom. The lowest BCUT2D eigenvalue weighted by atomic mass is 10.0. The van der Waals surface area contributed by atoms with Crippen LogP contribution in [0.2, 0.25) is 5.02 Å². The van der Waals surface area contributed by atoms with Crippen molar-refractivity contribution in [3.05, 3.63) is 67.9 Å². The first-order valence-electron chi connectivity index (χ1n) is 11.9. The Hall–Kier alpha value is -3.30. The molecule has 198 valence electrons. The second kappa shape index (κ2) is 12.3. The van der Waals surface area contributed by atoms with Crippen molar-refractivity contribution in [3.8, 4) is 5.75 Å². The minimum atomic E-state index is -0.644. The predicted octanol–water partition coefficient (Wildman–Crippen LogP) is 6.92. The van der Waals surface area contributed by atoms with Gasteiger partial charge in [-0.05, 0) is 74.6 Å². The average Bonchev–Trinajstić information content (AvgIpc) is 3.44. The standard InChI is InChI=1S/C27H30ClNO7S/c1-7-33-26(31)22-16(6)23(27(32)34-8-2)37-25(22)29-24(30)20-10-9-17(36-20)13-35-21-11-15(5)19(28)12-18(21)14(3)4/h9-12,14H,7-8,13H2,1-6H3,(H,29,30). The molecule has 0 spiro atoms. The van der Waals surface area contributed by atoms with Crippen molar-refractivity contribution in [2.24, 2.45) is 0 Å². The van der Waals surface area contributed by atoms with Crippen molar-refractivity contribution in [1.82, 2.24) is 0 Å². The van der Waals surface area contributed by atoms with Gasteiger partial charge in [-0.15, -0.1) is 11.3 Å². The molecule has 8 nitrogen and oxygen atoms in total. The third-order valence-electron chi connectivity index (χ3n) is 5.48. The highest BCUT2D eigenvalue weighted by Gasteiger charge is 2.28. The number of anilines is 1. The van der Waals surface area contributed by atoms with Gasteiger partial charge in [-0.25, -0.2) is 9.59 Å². The number of aryl methyl sites for hydroxylation is 1. The van der Waals surface area contributed by atoms with Crippen molar-refractivity contribution < 1.29 is 33.0 Å². The summed E-state index contributed by atoms with van der Waals surface area (Å²) in [4.78, 5) is 38.1. The molecule has 1 N–H and O–H groups in total. The number of nitrogens with one attached hydrogen (secondary N) is 1. The zero-order valence-electron chi connectivity index (χ0n) is 21.7. The zero-order chi connectivity index (χ0) is 27.3. The molecular formula is C27H30ClNO7S. The Bertz CT molecular complexity index is 1310. The van der Waals surface area contributed by atoms with E-state index >= 15 is 0 Å². The molecule has 2 aromatic heterocycles. The van der Waals surface area contributed by atoms with Crippen molar-refractivity contribution in [2.75, 3.05) is 18.5 Å². The molecule has 2 heterocycles. The fraction of sp³-hybridized carbons (Fsp3) is 0.370. The molecule has 0 unspecified atom stereocenters. The monoisotopic (exact) mass is 547 g/mol. The number of hydrogen-bond acceptors (Lipinski definition) is 8. The number of carbonyl (C=O) groups is 3. The van der Waals surface area contributed by atoms with Crippen LogP contribution in [-0.2, 0) is 16.1 Å². The van der Waals surface area contributed by atoms with Gasteiger partial charge in [-0.2, -0.15) is 0 Å². The second-order valence-electron chi connectivity index (χ2n) is 8.50. The molecule has 0 aliphatic heterocycles. The molecule has 0 bridgehead atoms. The number of carbonyl (C=O) groups excluding carboxylic acids is 3.